The van der Waals surface area contributed by atoms with Gasteiger partial charge in [0.05, 0.1) is 25.2 Å². The van der Waals surface area contributed by atoms with Gasteiger partial charge in [0.1, 0.15) is 0 Å². The minimum atomic E-state index is -0.217. The molecule has 2 saturated heterocycles. The van der Waals surface area contributed by atoms with Gasteiger partial charge in [-0.3, -0.25) is 9.59 Å². The Balaban J connectivity index is 1.29. The van der Waals surface area contributed by atoms with E-state index in [9.17, 15) is 14.7 Å². The third kappa shape index (κ3) is 3.84. The quantitative estimate of drug-likeness (QED) is 0.781. The molecule has 2 aromatic carbocycles. The molecule has 5 heteroatoms. The average molecular weight is 415 g/mol. The third-order valence-corrected chi connectivity index (χ3v) is 6.65. The van der Waals surface area contributed by atoms with Gasteiger partial charge in [0.15, 0.2) is 0 Å². The minimum Gasteiger partial charge on any atom is -0.394 e. The number of benzene rings is 2. The summed E-state index contributed by atoms with van der Waals surface area (Å²) in [6, 6.07) is 18.0. The summed E-state index contributed by atoms with van der Waals surface area (Å²) in [7, 11) is 0. The number of fused-ring (bicyclic) bond motifs is 1. The first-order valence-corrected chi connectivity index (χ1v) is 11.0. The SMILES string of the molecule is O=C(C1CC1)N1CC(=O)N2[C@H](CO)[C@@H](c3ccc(C#CCc4ccccc4)cc3)[C@H]2C1. The third-order valence-electron chi connectivity index (χ3n) is 6.65. The van der Waals surface area contributed by atoms with Crippen LogP contribution in [0.1, 0.15) is 35.4 Å². The molecule has 3 atom stereocenters. The Morgan fingerprint density at radius 2 is 1.81 bits per heavy atom. The van der Waals surface area contributed by atoms with Crippen LogP contribution in [0, 0.1) is 17.8 Å². The van der Waals surface area contributed by atoms with E-state index in [1.165, 1.54) is 5.56 Å². The molecule has 2 aromatic rings. The fourth-order valence-electron chi connectivity index (χ4n) is 4.89. The van der Waals surface area contributed by atoms with E-state index in [1.807, 2.05) is 42.5 Å². The number of hydrogen-bond donors (Lipinski definition) is 1. The van der Waals surface area contributed by atoms with E-state index in [0.717, 1.165) is 24.0 Å². The first-order valence-electron chi connectivity index (χ1n) is 11.0. The lowest BCUT2D eigenvalue weighted by Gasteiger charge is -2.58. The van der Waals surface area contributed by atoms with Crippen molar-refractivity contribution in [2.75, 3.05) is 19.7 Å². The number of rotatable bonds is 4. The van der Waals surface area contributed by atoms with E-state index in [4.69, 9.17) is 0 Å². The van der Waals surface area contributed by atoms with Crippen LogP contribution in [0.5, 0.6) is 0 Å². The predicted molar refractivity (Wildman–Crippen MR) is 117 cm³/mol. The van der Waals surface area contributed by atoms with Gasteiger partial charge in [-0.1, -0.05) is 54.3 Å². The van der Waals surface area contributed by atoms with Gasteiger partial charge >= 0.3 is 0 Å². The molecule has 1 saturated carbocycles. The number of hydrogen-bond acceptors (Lipinski definition) is 3. The molecule has 5 nitrogen and oxygen atoms in total. The maximum Gasteiger partial charge on any atom is 0.242 e. The van der Waals surface area contributed by atoms with Crippen molar-refractivity contribution in [1.29, 1.82) is 0 Å². The molecular weight excluding hydrogens is 388 g/mol. The molecule has 5 rings (SSSR count). The largest absolute Gasteiger partial charge is 0.394 e. The summed E-state index contributed by atoms with van der Waals surface area (Å²) in [5.41, 5.74) is 3.23. The number of amides is 2. The van der Waals surface area contributed by atoms with Crippen LogP contribution in [0.4, 0.5) is 0 Å². The summed E-state index contributed by atoms with van der Waals surface area (Å²) < 4.78 is 0. The Bertz CT molecular complexity index is 1030. The monoisotopic (exact) mass is 414 g/mol. The zero-order chi connectivity index (χ0) is 21.4. The molecule has 31 heavy (non-hydrogen) atoms. The Kier molecular flexibility index (Phi) is 5.25. The van der Waals surface area contributed by atoms with Crippen LogP contribution in [0.15, 0.2) is 54.6 Å². The van der Waals surface area contributed by atoms with E-state index in [-0.39, 0.29) is 48.9 Å². The van der Waals surface area contributed by atoms with E-state index < -0.39 is 0 Å². The highest BCUT2D eigenvalue weighted by Gasteiger charge is 2.55. The lowest BCUT2D eigenvalue weighted by molar-refractivity contribution is -0.167. The van der Waals surface area contributed by atoms with Gasteiger partial charge in [-0.15, -0.1) is 0 Å². The van der Waals surface area contributed by atoms with Gasteiger partial charge in [-0.25, -0.2) is 0 Å². The normalized spacial score (nSPS) is 24.7. The lowest BCUT2D eigenvalue weighted by Crippen LogP contribution is -2.73. The highest BCUT2D eigenvalue weighted by molar-refractivity contribution is 5.89. The number of carbonyl (C=O) groups is 2. The zero-order valence-electron chi connectivity index (χ0n) is 17.4. The van der Waals surface area contributed by atoms with Gasteiger partial charge in [0.25, 0.3) is 0 Å². The molecule has 3 aliphatic rings. The summed E-state index contributed by atoms with van der Waals surface area (Å²) in [4.78, 5) is 28.7. The van der Waals surface area contributed by atoms with Gasteiger partial charge < -0.3 is 14.9 Å². The Morgan fingerprint density at radius 3 is 2.48 bits per heavy atom. The maximum absolute atomic E-state index is 12.7. The summed E-state index contributed by atoms with van der Waals surface area (Å²) in [6.07, 6.45) is 2.59. The zero-order valence-corrected chi connectivity index (χ0v) is 17.4. The van der Waals surface area contributed by atoms with Crippen molar-refractivity contribution in [2.24, 2.45) is 5.92 Å². The van der Waals surface area contributed by atoms with E-state index in [1.54, 1.807) is 9.80 Å². The Hall–Kier alpha value is -3.10. The molecule has 0 radical (unpaired) electrons. The average Bonchev–Trinajstić information content (AvgIpc) is 3.62. The van der Waals surface area contributed by atoms with Crippen LogP contribution < -0.4 is 0 Å². The fourth-order valence-corrected chi connectivity index (χ4v) is 4.89. The summed E-state index contributed by atoms with van der Waals surface area (Å²) in [5.74, 6) is 6.63. The van der Waals surface area contributed by atoms with Gasteiger partial charge in [0.2, 0.25) is 11.8 Å². The second-order valence-corrected chi connectivity index (χ2v) is 8.72. The van der Waals surface area contributed by atoms with Crippen LogP contribution in [0.25, 0.3) is 0 Å². The first-order chi connectivity index (χ1) is 15.2. The van der Waals surface area contributed by atoms with Crippen molar-refractivity contribution in [3.05, 3.63) is 71.3 Å². The lowest BCUT2D eigenvalue weighted by atomic mass is 9.73. The summed E-state index contributed by atoms with van der Waals surface area (Å²) in [6.45, 7) is 0.633. The van der Waals surface area contributed by atoms with Crippen LogP contribution >= 0.6 is 0 Å². The number of carbonyl (C=O) groups excluding carboxylic acids is 2. The van der Waals surface area contributed by atoms with Crippen molar-refractivity contribution < 1.29 is 14.7 Å². The van der Waals surface area contributed by atoms with Gasteiger partial charge in [-0.05, 0) is 36.1 Å². The fraction of sp³-hybridized carbons (Fsp3) is 0.385. The first kappa shape index (κ1) is 19.8. The maximum atomic E-state index is 12.7. The molecule has 2 heterocycles. The number of nitrogens with zero attached hydrogens (tertiary/aromatic N) is 2. The molecule has 2 amide bonds. The van der Waals surface area contributed by atoms with Crippen molar-refractivity contribution in [3.8, 4) is 11.8 Å². The molecule has 0 spiro atoms. The molecule has 2 aliphatic heterocycles. The summed E-state index contributed by atoms with van der Waals surface area (Å²) in [5, 5.41) is 9.93. The second kappa shape index (κ2) is 8.20. The smallest absolute Gasteiger partial charge is 0.242 e. The van der Waals surface area contributed by atoms with Crippen molar-refractivity contribution in [1.82, 2.24) is 9.80 Å². The molecule has 158 valence electrons. The van der Waals surface area contributed by atoms with Crippen LogP contribution in [-0.4, -0.2) is 58.5 Å². The number of piperazine rings is 1. The van der Waals surface area contributed by atoms with Crippen LogP contribution in [-0.2, 0) is 16.0 Å². The summed E-state index contributed by atoms with van der Waals surface area (Å²) >= 11 is 0. The van der Waals surface area contributed by atoms with Crippen molar-refractivity contribution in [3.63, 3.8) is 0 Å². The van der Waals surface area contributed by atoms with Crippen molar-refractivity contribution >= 4 is 11.8 Å². The molecule has 0 unspecified atom stereocenters. The van der Waals surface area contributed by atoms with Gasteiger partial charge in [0, 0.05) is 30.4 Å². The molecule has 0 aromatic heterocycles. The highest BCUT2D eigenvalue weighted by Crippen LogP contribution is 2.43. The number of aliphatic hydroxyl groups is 1. The van der Waals surface area contributed by atoms with Gasteiger partial charge in [-0.2, -0.15) is 0 Å². The standard InChI is InChI=1S/C26H26N2O3/c29-17-23-25(22-15-27(16-24(30)28(22)23)26(31)21-13-14-21)20-11-9-19(10-12-20)8-4-7-18-5-2-1-3-6-18/h1-3,5-6,9-12,21-23,25,29H,7,13-17H2/t22-,23-,25+/m1/s1. The molecule has 1 aliphatic carbocycles. The van der Waals surface area contributed by atoms with Crippen LogP contribution in [0.3, 0.4) is 0 Å². The highest BCUT2D eigenvalue weighted by atomic mass is 16.3. The van der Waals surface area contributed by atoms with E-state index in [0.29, 0.717) is 13.0 Å². The Labute approximate surface area is 182 Å². The molecular formula is C26H26N2O3. The second-order valence-electron chi connectivity index (χ2n) is 8.72. The van der Waals surface area contributed by atoms with E-state index >= 15 is 0 Å². The predicted octanol–water partition coefficient (Wildman–Crippen LogP) is 2.19. The molecule has 3 fully saturated rings. The molecule has 1 N–H and O–H groups in total. The number of aliphatic hydroxyl groups excluding tert-OH is 1. The minimum absolute atomic E-state index is 0.0371. The van der Waals surface area contributed by atoms with Crippen molar-refractivity contribution in [2.45, 2.75) is 37.3 Å². The van der Waals surface area contributed by atoms with E-state index in [2.05, 4.69) is 24.0 Å². The molecule has 0 bridgehead atoms. The Morgan fingerprint density at radius 1 is 1.06 bits per heavy atom. The van der Waals surface area contributed by atoms with Crippen LogP contribution in [0.2, 0.25) is 0 Å². The topological polar surface area (TPSA) is 60.9 Å².